The fourth-order valence-electron chi connectivity index (χ4n) is 2.78. The van der Waals surface area contributed by atoms with Gasteiger partial charge in [0.15, 0.2) is 10.9 Å². The van der Waals surface area contributed by atoms with E-state index in [1.165, 1.54) is 13.2 Å². The second-order valence-corrected chi connectivity index (χ2v) is 7.59. The minimum absolute atomic E-state index is 0.145. The normalized spacial score (nSPS) is 11.8. The van der Waals surface area contributed by atoms with Gasteiger partial charge in [-0.3, -0.25) is 14.4 Å². The van der Waals surface area contributed by atoms with Crippen LogP contribution in [0.3, 0.4) is 0 Å². The van der Waals surface area contributed by atoms with Crippen LogP contribution in [0.1, 0.15) is 51.6 Å². The molecule has 2 heterocycles. The first kappa shape index (κ1) is 22.4. The van der Waals surface area contributed by atoms with E-state index in [0.717, 1.165) is 11.8 Å². The molecule has 0 aliphatic carbocycles. The number of ketones is 1. The highest BCUT2D eigenvalue weighted by Gasteiger charge is 2.26. The molecule has 10 heteroatoms. The first-order chi connectivity index (χ1) is 13.7. The molecule has 2 aromatic heterocycles. The van der Waals surface area contributed by atoms with Crippen LogP contribution in [0.2, 0.25) is 0 Å². The SMILES string of the molecule is CCOC(=O)c1c(C)[nH]c(C(=O)[C@@H](C)Sc2nc(CC(=O)OC)cc(=O)[nH]2)c1C. The van der Waals surface area contributed by atoms with Crippen LogP contribution in [0.15, 0.2) is 16.0 Å². The molecule has 29 heavy (non-hydrogen) atoms. The number of aromatic amines is 2. The van der Waals surface area contributed by atoms with Gasteiger partial charge in [-0.25, -0.2) is 9.78 Å². The molecular weight excluding hydrogens is 398 g/mol. The standard InChI is InChI=1S/C19H23N3O6S/c1-6-28-18(26)15-9(2)16(20-10(15)3)17(25)11(4)29-19-21-12(7-13(23)22-19)8-14(24)27-5/h7,11,20H,6,8H2,1-5H3,(H,21,22,23)/t11-/m1/s1. The second kappa shape index (κ2) is 9.55. The van der Waals surface area contributed by atoms with E-state index in [1.54, 1.807) is 27.7 Å². The Morgan fingerprint density at radius 3 is 2.55 bits per heavy atom. The minimum Gasteiger partial charge on any atom is -0.469 e. The van der Waals surface area contributed by atoms with Crippen LogP contribution in [-0.2, 0) is 20.7 Å². The first-order valence-corrected chi connectivity index (χ1v) is 9.80. The Morgan fingerprint density at radius 1 is 1.24 bits per heavy atom. The molecule has 0 aromatic carbocycles. The number of aryl methyl sites for hydroxylation is 1. The van der Waals surface area contributed by atoms with Crippen LogP contribution in [0.25, 0.3) is 0 Å². The average molecular weight is 421 g/mol. The van der Waals surface area contributed by atoms with Gasteiger partial charge in [0.25, 0.3) is 5.56 Å². The monoisotopic (exact) mass is 421 g/mol. The molecule has 0 radical (unpaired) electrons. The van der Waals surface area contributed by atoms with E-state index in [4.69, 9.17) is 4.74 Å². The number of methoxy groups -OCH3 is 1. The lowest BCUT2D eigenvalue weighted by Gasteiger charge is -2.10. The number of ether oxygens (including phenoxy) is 2. The van der Waals surface area contributed by atoms with E-state index in [-0.39, 0.29) is 29.7 Å². The minimum atomic E-state index is -0.613. The maximum absolute atomic E-state index is 12.9. The topological polar surface area (TPSA) is 131 Å². The molecule has 1 atom stereocenters. The molecule has 2 N–H and O–H groups in total. The van der Waals surface area contributed by atoms with Gasteiger partial charge >= 0.3 is 11.9 Å². The Morgan fingerprint density at radius 2 is 1.93 bits per heavy atom. The predicted octanol–water partition coefficient (Wildman–Crippen LogP) is 1.97. The summed E-state index contributed by atoms with van der Waals surface area (Å²) in [4.78, 5) is 58.0. The highest BCUT2D eigenvalue weighted by molar-refractivity contribution is 8.00. The number of nitrogens with zero attached hydrogens (tertiary/aromatic N) is 1. The number of carbonyl (C=O) groups is 3. The summed E-state index contributed by atoms with van der Waals surface area (Å²) in [6, 6.07) is 1.21. The van der Waals surface area contributed by atoms with Crippen LogP contribution in [0.4, 0.5) is 0 Å². The van der Waals surface area contributed by atoms with E-state index in [0.29, 0.717) is 22.5 Å². The third kappa shape index (κ3) is 5.35. The van der Waals surface area contributed by atoms with Gasteiger partial charge in [0, 0.05) is 11.8 Å². The average Bonchev–Trinajstić information content (AvgIpc) is 2.94. The van der Waals surface area contributed by atoms with Crippen molar-refractivity contribution >= 4 is 29.5 Å². The summed E-state index contributed by atoms with van der Waals surface area (Å²) in [5.74, 6) is -1.26. The molecule has 0 saturated carbocycles. The third-order valence-electron chi connectivity index (χ3n) is 4.15. The number of carbonyl (C=O) groups excluding carboxylic acids is 3. The lowest BCUT2D eigenvalue weighted by Crippen LogP contribution is -2.18. The Labute approximate surface area is 171 Å². The van der Waals surface area contributed by atoms with Crippen LogP contribution in [-0.4, -0.2) is 51.6 Å². The van der Waals surface area contributed by atoms with Gasteiger partial charge in [-0.1, -0.05) is 11.8 Å². The van der Waals surface area contributed by atoms with Crippen LogP contribution >= 0.6 is 11.8 Å². The summed E-state index contributed by atoms with van der Waals surface area (Å²) in [5.41, 5.74) is 1.53. The van der Waals surface area contributed by atoms with E-state index < -0.39 is 22.7 Å². The third-order valence-corrected chi connectivity index (χ3v) is 5.13. The number of Topliss-reactive ketones (excluding diaryl/α,β-unsaturated/α-hetero) is 1. The Hall–Kier alpha value is -2.88. The number of H-pyrrole nitrogens is 2. The number of esters is 2. The van der Waals surface area contributed by atoms with Crippen molar-refractivity contribution < 1.29 is 23.9 Å². The number of nitrogens with one attached hydrogen (secondary N) is 2. The van der Waals surface area contributed by atoms with E-state index in [9.17, 15) is 19.2 Å². The van der Waals surface area contributed by atoms with Crippen LogP contribution < -0.4 is 5.56 Å². The number of aromatic nitrogens is 3. The molecule has 2 rings (SSSR count). The van der Waals surface area contributed by atoms with Gasteiger partial charge < -0.3 is 19.4 Å². The number of rotatable bonds is 8. The number of thioether (sulfide) groups is 1. The molecule has 156 valence electrons. The smallest absolute Gasteiger partial charge is 0.340 e. The molecule has 0 saturated heterocycles. The molecule has 9 nitrogen and oxygen atoms in total. The largest absolute Gasteiger partial charge is 0.469 e. The molecule has 0 bridgehead atoms. The maximum Gasteiger partial charge on any atom is 0.340 e. The summed E-state index contributed by atoms with van der Waals surface area (Å²) in [7, 11) is 1.25. The molecule has 0 amide bonds. The zero-order chi connectivity index (χ0) is 21.7. The number of hydrogen-bond donors (Lipinski definition) is 2. The van der Waals surface area contributed by atoms with Crippen LogP contribution in [0.5, 0.6) is 0 Å². The highest BCUT2D eigenvalue weighted by Crippen LogP contribution is 2.26. The van der Waals surface area contributed by atoms with Crippen molar-refractivity contribution in [2.75, 3.05) is 13.7 Å². The van der Waals surface area contributed by atoms with Crippen LogP contribution in [0, 0.1) is 13.8 Å². The van der Waals surface area contributed by atoms with Crippen molar-refractivity contribution in [1.82, 2.24) is 15.0 Å². The van der Waals surface area contributed by atoms with Crippen molar-refractivity contribution in [2.24, 2.45) is 0 Å². The lowest BCUT2D eigenvalue weighted by atomic mass is 10.1. The van der Waals surface area contributed by atoms with E-state index in [2.05, 4.69) is 19.7 Å². The van der Waals surface area contributed by atoms with Gasteiger partial charge in [-0.05, 0) is 33.3 Å². The highest BCUT2D eigenvalue weighted by atomic mass is 32.2. The number of hydrogen-bond acceptors (Lipinski definition) is 8. The molecule has 0 aliphatic rings. The molecule has 0 unspecified atom stereocenters. The Balaban J connectivity index is 2.24. The second-order valence-electron chi connectivity index (χ2n) is 6.26. The fraction of sp³-hybridized carbons (Fsp3) is 0.421. The maximum atomic E-state index is 12.9. The quantitative estimate of drug-likeness (QED) is 0.286. The molecular formula is C19H23N3O6S. The summed E-state index contributed by atoms with van der Waals surface area (Å²) in [6.07, 6.45) is -0.145. The Bertz CT molecular complexity index is 994. The van der Waals surface area contributed by atoms with Crippen molar-refractivity contribution in [3.63, 3.8) is 0 Å². The summed E-state index contributed by atoms with van der Waals surface area (Å²) in [5, 5.41) is -0.401. The predicted molar refractivity (Wildman–Crippen MR) is 106 cm³/mol. The zero-order valence-electron chi connectivity index (χ0n) is 16.9. The summed E-state index contributed by atoms with van der Waals surface area (Å²) < 4.78 is 9.62. The van der Waals surface area contributed by atoms with Crippen molar-refractivity contribution in [3.8, 4) is 0 Å². The van der Waals surface area contributed by atoms with Gasteiger partial charge in [-0.15, -0.1) is 0 Å². The van der Waals surface area contributed by atoms with E-state index >= 15 is 0 Å². The van der Waals surface area contributed by atoms with Gasteiger partial charge in [0.1, 0.15) is 0 Å². The molecule has 0 spiro atoms. The Kier molecular flexibility index (Phi) is 7.38. The van der Waals surface area contributed by atoms with Crippen molar-refractivity contribution in [3.05, 3.63) is 44.6 Å². The molecule has 0 aliphatic heterocycles. The van der Waals surface area contributed by atoms with Crippen molar-refractivity contribution in [1.29, 1.82) is 0 Å². The van der Waals surface area contributed by atoms with Gasteiger partial charge in [0.05, 0.1) is 42.3 Å². The van der Waals surface area contributed by atoms with Gasteiger partial charge in [-0.2, -0.15) is 0 Å². The van der Waals surface area contributed by atoms with Crippen molar-refractivity contribution in [2.45, 2.75) is 44.5 Å². The summed E-state index contributed by atoms with van der Waals surface area (Å²) in [6.45, 7) is 6.99. The van der Waals surface area contributed by atoms with E-state index in [1.807, 2.05) is 0 Å². The van der Waals surface area contributed by atoms with Gasteiger partial charge in [0.2, 0.25) is 0 Å². The lowest BCUT2D eigenvalue weighted by molar-refractivity contribution is -0.139. The molecule has 0 fully saturated rings. The fourth-order valence-corrected chi connectivity index (χ4v) is 3.67. The first-order valence-electron chi connectivity index (χ1n) is 8.92. The summed E-state index contributed by atoms with van der Waals surface area (Å²) >= 11 is 1.05. The zero-order valence-corrected chi connectivity index (χ0v) is 17.7. The molecule has 2 aromatic rings.